The monoisotopic (exact) mass is 225 g/mol. The maximum absolute atomic E-state index is 3.58. The lowest BCUT2D eigenvalue weighted by atomic mass is 9.72. The molecule has 0 spiro atoms. The van der Waals surface area contributed by atoms with E-state index in [1.807, 2.05) is 0 Å². The first kappa shape index (κ1) is 14.0. The summed E-state index contributed by atoms with van der Waals surface area (Å²) in [7, 11) is 0. The molecule has 0 heterocycles. The third-order valence-corrected chi connectivity index (χ3v) is 4.47. The Labute approximate surface area is 102 Å². The molecule has 0 aromatic heterocycles. The van der Waals surface area contributed by atoms with E-state index in [2.05, 4.69) is 39.9 Å². The average Bonchev–Trinajstić information content (AvgIpc) is 2.24. The van der Waals surface area contributed by atoms with Crippen LogP contribution in [0.5, 0.6) is 0 Å². The molecule has 96 valence electrons. The predicted octanol–water partition coefficient (Wildman–Crippen LogP) is 4.08. The fourth-order valence-corrected chi connectivity index (χ4v) is 3.03. The zero-order chi connectivity index (χ0) is 12.1. The summed E-state index contributed by atoms with van der Waals surface area (Å²) in [6.45, 7) is 13.0. The van der Waals surface area contributed by atoms with Gasteiger partial charge in [-0.2, -0.15) is 0 Å². The lowest BCUT2D eigenvalue weighted by Gasteiger charge is -2.35. The molecule has 0 bridgehead atoms. The molecule has 0 aliphatic heterocycles. The lowest BCUT2D eigenvalue weighted by Crippen LogP contribution is -2.33. The van der Waals surface area contributed by atoms with Crippen molar-refractivity contribution in [3.05, 3.63) is 0 Å². The van der Waals surface area contributed by atoms with Gasteiger partial charge >= 0.3 is 0 Å². The molecule has 0 aromatic rings. The van der Waals surface area contributed by atoms with Gasteiger partial charge in [0.1, 0.15) is 0 Å². The van der Waals surface area contributed by atoms with Crippen LogP contribution in [0.2, 0.25) is 0 Å². The molecule has 1 saturated carbocycles. The van der Waals surface area contributed by atoms with Crippen molar-refractivity contribution in [2.75, 3.05) is 6.54 Å². The molecule has 0 radical (unpaired) electrons. The Hall–Kier alpha value is -0.0400. The van der Waals surface area contributed by atoms with Crippen molar-refractivity contribution in [1.29, 1.82) is 0 Å². The highest BCUT2D eigenvalue weighted by atomic mass is 14.9. The van der Waals surface area contributed by atoms with Crippen molar-refractivity contribution in [3.63, 3.8) is 0 Å². The minimum Gasteiger partial charge on any atom is -0.314 e. The van der Waals surface area contributed by atoms with Crippen LogP contribution >= 0.6 is 0 Å². The Balaban J connectivity index is 2.33. The van der Waals surface area contributed by atoms with E-state index in [4.69, 9.17) is 0 Å². The smallest absolute Gasteiger partial charge is 0.00104 e. The zero-order valence-corrected chi connectivity index (χ0v) is 11.9. The van der Waals surface area contributed by atoms with Gasteiger partial charge in [-0.05, 0) is 36.6 Å². The Morgan fingerprint density at radius 1 is 1.12 bits per heavy atom. The highest BCUT2D eigenvalue weighted by Crippen LogP contribution is 2.36. The van der Waals surface area contributed by atoms with Crippen LogP contribution in [0.15, 0.2) is 0 Å². The van der Waals surface area contributed by atoms with Gasteiger partial charge in [0.15, 0.2) is 0 Å². The van der Waals surface area contributed by atoms with Crippen LogP contribution in [0.1, 0.15) is 60.3 Å². The molecule has 1 nitrogen and oxygen atoms in total. The van der Waals surface area contributed by atoms with E-state index >= 15 is 0 Å². The first-order valence-electron chi connectivity index (χ1n) is 7.24. The van der Waals surface area contributed by atoms with Gasteiger partial charge in [0.05, 0.1) is 0 Å². The van der Waals surface area contributed by atoms with E-state index in [9.17, 15) is 0 Å². The minimum atomic E-state index is 0.625. The van der Waals surface area contributed by atoms with Gasteiger partial charge in [-0.25, -0.2) is 0 Å². The highest BCUT2D eigenvalue weighted by molar-refractivity contribution is 4.78. The van der Waals surface area contributed by atoms with Crippen LogP contribution in [0.4, 0.5) is 0 Å². The fourth-order valence-electron chi connectivity index (χ4n) is 3.03. The number of nitrogens with one attached hydrogen (secondary N) is 1. The number of hydrogen-bond donors (Lipinski definition) is 1. The van der Waals surface area contributed by atoms with Gasteiger partial charge in [0.25, 0.3) is 0 Å². The first-order valence-corrected chi connectivity index (χ1v) is 7.24. The average molecular weight is 225 g/mol. The Bertz CT molecular complexity index is 188. The second kappa shape index (κ2) is 6.64. The molecule has 0 saturated heterocycles. The van der Waals surface area contributed by atoms with Crippen LogP contribution in [-0.2, 0) is 0 Å². The zero-order valence-electron chi connectivity index (χ0n) is 11.9. The maximum atomic E-state index is 3.58. The SMILES string of the molecule is CC1CCCC(C(C)C(C)CNC(C)C)C1. The van der Waals surface area contributed by atoms with E-state index in [1.54, 1.807) is 0 Å². The molecule has 4 atom stereocenters. The molecular formula is C15H31N. The molecule has 1 N–H and O–H groups in total. The van der Waals surface area contributed by atoms with Crippen LogP contribution in [0, 0.1) is 23.7 Å². The van der Waals surface area contributed by atoms with Crippen molar-refractivity contribution < 1.29 is 0 Å². The van der Waals surface area contributed by atoms with Gasteiger partial charge in [-0.3, -0.25) is 0 Å². The summed E-state index contributed by atoms with van der Waals surface area (Å²) in [5, 5.41) is 3.58. The summed E-state index contributed by atoms with van der Waals surface area (Å²) in [6.07, 6.45) is 5.85. The summed E-state index contributed by atoms with van der Waals surface area (Å²) in [5.74, 6) is 3.64. The second-order valence-corrected chi connectivity index (χ2v) is 6.43. The van der Waals surface area contributed by atoms with Gasteiger partial charge in [-0.1, -0.05) is 53.9 Å². The van der Waals surface area contributed by atoms with Crippen LogP contribution in [-0.4, -0.2) is 12.6 Å². The highest BCUT2D eigenvalue weighted by Gasteiger charge is 2.26. The van der Waals surface area contributed by atoms with Crippen molar-refractivity contribution in [2.24, 2.45) is 23.7 Å². The van der Waals surface area contributed by atoms with Gasteiger partial charge < -0.3 is 5.32 Å². The van der Waals surface area contributed by atoms with Crippen molar-refractivity contribution in [1.82, 2.24) is 5.32 Å². The Morgan fingerprint density at radius 3 is 2.38 bits per heavy atom. The van der Waals surface area contributed by atoms with E-state index in [0.717, 1.165) is 23.7 Å². The minimum absolute atomic E-state index is 0.625. The third kappa shape index (κ3) is 4.45. The summed E-state index contributed by atoms with van der Waals surface area (Å²) in [6, 6.07) is 0.625. The summed E-state index contributed by atoms with van der Waals surface area (Å²) < 4.78 is 0. The summed E-state index contributed by atoms with van der Waals surface area (Å²) in [4.78, 5) is 0. The van der Waals surface area contributed by atoms with Gasteiger partial charge in [-0.15, -0.1) is 0 Å². The van der Waals surface area contributed by atoms with Gasteiger partial charge in [0, 0.05) is 6.04 Å². The second-order valence-electron chi connectivity index (χ2n) is 6.43. The molecule has 1 fully saturated rings. The number of hydrogen-bond acceptors (Lipinski definition) is 1. The molecule has 4 unspecified atom stereocenters. The van der Waals surface area contributed by atoms with Crippen molar-refractivity contribution >= 4 is 0 Å². The molecule has 0 amide bonds. The lowest BCUT2D eigenvalue weighted by molar-refractivity contribution is 0.168. The van der Waals surface area contributed by atoms with Crippen molar-refractivity contribution in [3.8, 4) is 0 Å². The Kier molecular flexibility index (Phi) is 5.82. The Morgan fingerprint density at radius 2 is 1.81 bits per heavy atom. The molecule has 1 aliphatic rings. The quantitative estimate of drug-likeness (QED) is 0.743. The topological polar surface area (TPSA) is 12.0 Å². The van der Waals surface area contributed by atoms with E-state index in [-0.39, 0.29) is 0 Å². The molecule has 1 heteroatoms. The first-order chi connectivity index (χ1) is 7.50. The maximum Gasteiger partial charge on any atom is 0.00104 e. The summed E-state index contributed by atoms with van der Waals surface area (Å²) >= 11 is 0. The van der Waals surface area contributed by atoms with Crippen LogP contribution < -0.4 is 5.32 Å². The van der Waals surface area contributed by atoms with Gasteiger partial charge in [0.2, 0.25) is 0 Å². The van der Waals surface area contributed by atoms with E-state index < -0.39 is 0 Å². The molecule has 1 rings (SSSR count). The van der Waals surface area contributed by atoms with Crippen LogP contribution in [0.25, 0.3) is 0 Å². The standard InChI is InChI=1S/C15H31N/c1-11(2)16-10-13(4)14(5)15-8-6-7-12(3)9-15/h11-16H,6-10H2,1-5H3. The fraction of sp³-hybridized carbons (Fsp3) is 1.00. The predicted molar refractivity (Wildman–Crippen MR) is 72.6 cm³/mol. The van der Waals surface area contributed by atoms with E-state index in [0.29, 0.717) is 6.04 Å². The van der Waals surface area contributed by atoms with E-state index in [1.165, 1.54) is 32.2 Å². The summed E-state index contributed by atoms with van der Waals surface area (Å²) in [5.41, 5.74) is 0. The third-order valence-electron chi connectivity index (χ3n) is 4.47. The molecule has 16 heavy (non-hydrogen) atoms. The van der Waals surface area contributed by atoms with Crippen molar-refractivity contribution in [2.45, 2.75) is 66.3 Å². The molecule has 1 aliphatic carbocycles. The molecule has 0 aromatic carbocycles. The largest absolute Gasteiger partial charge is 0.314 e. The molecular weight excluding hydrogens is 194 g/mol. The number of rotatable bonds is 5. The van der Waals surface area contributed by atoms with Crippen LogP contribution in [0.3, 0.4) is 0 Å². The normalized spacial score (nSPS) is 30.4.